The van der Waals surface area contributed by atoms with Crippen molar-refractivity contribution in [1.29, 1.82) is 0 Å². The number of nitrogens with zero attached hydrogens (tertiary/aromatic N) is 1. The molecule has 0 spiro atoms. The van der Waals surface area contributed by atoms with Gasteiger partial charge in [0.2, 0.25) is 0 Å². The first kappa shape index (κ1) is 17.4. The van der Waals surface area contributed by atoms with Crippen molar-refractivity contribution in [2.45, 2.75) is 46.5 Å². The highest BCUT2D eigenvalue weighted by atomic mass is 16.5. The van der Waals surface area contributed by atoms with Crippen molar-refractivity contribution in [1.82, 2.24) is 0 Å². The summed E-state index contributed by atoms with van der Waals surface area (Å²) < 4.78 is 5.55. The van der Waals surface area contributed by atoms with E-state index in [-0.39, 0.29) is 5.41 Å². The largest absolute Gasteiger partial charge is 0.495 e. The summed E-state index contributed by atoms with van der Waals surface area (Å²) in [6.07, 6.45) is 0.940. The normalized spacial score (nSPS) is 11.1. The van der Waals surface area contributed by atoms with Crippen LogP contribution < -0.4 is 9.64 Å². The molecule has 0 aliphatic carbocycles. The first-order valence-electron chi connectivity index (χ1n) is 7.42. The predicted molar refractivity (Wildman–Crippen MR) is 93.3 cm³/mol. The summed E-state index contributed by atoms with van der Waals surface area (Å²) in [7, 11) is 1.71. The lowest BCUT2D eigenvalue weighted by molar-refractivity contribution is 0.414. The van der Waals surface area contributed by atoms with Gasteiger partial charge in [-0.05, 0) is 43.4 Å². The maximum Gasteiger partial charge on any atom is 0.142 e. The van der Waals surface area contributed by atoms with Crippen molar-refractivity contribution in [2.75, 3.05) is 18.6 Å². The molecule has 1 aromatic rings. The van der Waals surface area contributed by atoms with Crippen molar-refractivity contribution < 1.29 is 4.74 Å². The van der Waals surface area contributed by atoms with Gasteiger partial charge in [0.25, 0.3) is 0 Å². The molecule has 0 amide bonds. The number of hydrogen-bond acceptors (Lipinski definition) is 2. The first-order chi connectivity index (χ1) is 9.66. The van der Waals surface area contributed by atoms with Crippen LogP contribution in [0.2, 0.25) is 0 Å². The number of ether oxygens (including phenoxy) is 1. The van der Waals surface area contributed by atoms with Gasteiger partial charge in [0, 0.05) is 12.2 Å². The SMILES string of the molecule is C=C(C)CCN(C(=C)C)c1cc(C(C)(C)C)ccc1OC. The summed E-state index contributed by atoms with van der Waals surface area (Å²) >= 11 is 0. The Hall–Kier alpha value is -1.70. The van der Waals surface area contributed by atoms with E-state index in [2.05, 4.69) is 57.9 Å². The van der Waals surface area contributed by atoms with Gasteiger partial charge < -0.3 is 9.64 Å². The highest BCUT2D eigenvalue weighted by molar-refractivity contribution is 5.63. The van der Waals surface area contributed by atoms with E-state index in [1.54, 1.807) is 7.11 Å². The number of methoxy groups -OCH3 is 1. The minimum Gasteiger partial charge on any atom is -0.495 e. The molecule has 0 N–H and O–H groups in total. The quantitative estimate of drug-likeness (QED) is 0.658. The summed E-state index contributed by atoms with van der Waals surface area (Å²) in [4.78, 5) is 2.21. The van der Waals surface area contributed by atoms with Crippen molar-refractivity contribution in [3.05, 3.63) is 48.2 Å². The van der Waals surface area contributed by atoms with Crippen LogP contribution in [0.25, 0.3) is 0 Å². The maximum atomic E-state index is 5.55. The summed E-state index contributed by atoms with van der Waals surface area (Å²) in [5, 5.41) is 0. The van der Waals surface area contributed by atoms with Crippen molar-refractivity contribution in [3.8, 4) is 5.75 Å². The summed E-state index contributed by atoms with van der Waals surface area (Å²) in [6, 6.07) is 6.40. The average molecular weight is 287 g/mol. The van der Waals surface area contributed by atoms with Gasteiger partial charge in [-0.3, -0.25) is 0 Å². The van der Waals surface area contributed by atoms with E-state index < -0.39 is 0 Å². The Morgan fingerprint density at radius 3 is 2.24 bits per heavy atom. The van der Waals surface area contributed by atoms with Crippen LogP contribution in [0.1, 0.15) is 46.6 Å². The molecule has 0 atom stereocenters. The molecule has 0 heterocycles. The fourth-order valence-corrected chi connectivity index (χ4v) is 2.19. The minimum atomic E-state index is 0.107. The van der Waals surface area contributed by atoms with Gasteiger partial charge in [0.1, 0.15) is 5.75 Å². The third kappa shape index (κ3) is 4.66. The monoisotopic (exact) mass is 287 g/mol. The standard InChI is InChI=1S/C19H29NO/c1-14(2)11-12-20(15(3)4)17-13-16(19(5,6)7)9-10-18(17)21-8/h9-10,13H,1,3,11-12H2,2,4-8H3. The van der Waals surface area contributed by atoms with Gasteiger partial charge in [0.05, 0.1) is 12.8 Å². The molecule has 1 rings (SSSR count). The van der Waals surface area contributed by atoms with Crippen LogP contribution in [-0.2, 0) is 5.41 Å². The smallest absolute Gasteiger partial charge is 0.142 e. The van der Waals surface area contributed by atoms with Crippen molar-refractivity contribution in [2.24, 2.45) is 0 Å². The second-order valence-corrected chi connectivity index (χ2v) is 6.73. The molecular weight excluding hydrogens is 258 g/mol. The van der Waals surface area contributed by atoms with Crippen LogP contribution in [0.5, 0.6) is 5.75 Å². The number of allylic oxidation sites excluding steroid dienone is 1. The van der Waals surface area contributed by atoms with E-state index in [0.29, 0.717) is 0 Å². The lowest BCUT2D eigenvalue weighted by Crippen LogP contribution is -2.23. The van der Waals surface area contributed by atoms with Gasteiger partial charge in [-0.25, -0.2) is 0 Å². The molecule has 2 heteroatoms. The van der Waals surface area contributed by atoms with Crippen molar-refractivity contribution >= 4 is 5.69 Å². The van der Waals surface area contributed by atoms with Crippen LogP contribution >= 0.6 is 0 Å². The zero-order chi connectivity index (χ0) is 16.2. The van der Waals surface area contributed by atoms with E-state index in [9.17, 15) is 0 Å². The predicted octanol–water partition coefficient (Wildman–Crippen LogP) is 5.30. The third-order valence-electron chi connectivity index (χ3n) is 3.56. The number of benzene rings is 1. The van der Waals surface area contributed by atoms with Gasteiger partial charge in [-0.15, -0.1) is 6.58 Å². The molecule has 0 bridgehead atoms. The van der Waals surface area contributed by atoms with E-state index >= 15 is 0 Å². The zero-order valence-corrected chi connectivity index (χ0v) is 14.4. The molecule has 0 radical (unpaired) electrons. The molecule has 0 unspecified atom stereocenters. The highest BCUT2D eigenvalue weighted by Crippen LogP contribution is 2.35. The van der Waals surface area contributed by atoms with E-state index in [1.807, 2.05) is 13.0 Å². The topological polar surface area (TPSA) is 12.5 Å². The number of anilines is 1. The maximum absolute atomic E-state index is 5.55. The minimum absolute atomic E-state index is 0.107. The molecule has 0 aliphatic heterocycles. The Morgan fingerprint density at radius 1 is 1.19 bits per heavy atom. The molecule has 0 saturated heterocycles. The Kier molecular flexibility index (Phi) is 5.65. The van der Waals surface area contributed by atoms with Crippen LogP contribution in [-0.4, -0.2) is 13.7 Å². The fraction of sp³-hybridized carbons (Fsp3) is 0.474. The lowest BCUT2D eigenvalue weighted by Gasteiger charge is -2.29. The second-order valence-electron chi connectivity index (χ2n) is 6.73. The third-order valence-corrected chi connectivity index (χ3v) is 3.56. The van der Waals surface area contributed by atoms with Gasteiger partial charge in [-0.1, -0.05) is 39.0 Å². The Morgan fingerprint density at radius 2 is 1.81 bits per heavy atom. The molecular formula is C19H29NO. The van der Waals surface area contributed by atoms with Gasteiger partial charge in [-0.2, -0.15) is 0 Å². The molecule has 0 aliphatic rings. The van der Waals surface area contributed by atoms with Crippen LogP contribution in [0.3, 0.4) is 0 Å². The number of rotatable bonds is 6. The summed E-state index contributed by atoms with van der Waals surface area (Å²) in [5.74, 6) is 0.882. The van der Waals surface area contributed by atoms with E-state index in [0.717, 1.165) is 30.1 Å². The molecule has 21 heavy (non-hydrogen) atoms. The summed E-state index contributed by atoms with van der Waals surface area (Å²) in [5.41, 5.74) is 4.67. The Balaban J connectivity index is 3.27. The molecule has 0 aromatic heterocycles. The van der Waals surface area contributed by atoms with Gasteiger partial charge >= 0.3 is 0 Å². The Bertz CT molecular complexity index is 523. The lowest BCUT2D eigenvalue weighted by atomic mass is 9.86. The molecule has 2 nitrogen and oxygen atoms in total. The molecule has 0 fully saturated rings. The highest BCUT2D eigenvalue weighted by Gasteiger charge is 2.19. The fourth-order valence-electron chi connectivity index (χ4n) is 2.19. The number of hydrogen-bond donors (Lipinski definition) is 0. The molecule has 0 saturated carbocycles. The van der Waals surface area contributed by atoms with Gasteiger partial charge in [0.15, 0.2) is 0 Å². The zero-order valence-electron chi connectivity index (χ0n) is 14.4. The van der Waals surface area contributed by atoms with E-state index in [4.69, 9.17) is 4.74 Å². The van der Waals surface area contributed by atoms with Crippen molar-refractivity contribution in [3.63, 3.8) is 0 Å². The second kappa shape index (κ2) is 6.84. The summed E-state index contributed by atoms with van der Waals surface area (Å²) in [6.45, 7) is 19.7. The Labute approximate surface area is 130 Å². The van der Waals surface area contributed by atoms with E-state index in [1.165, 1.54) is 11.1 Å². The molecule has 1 aromatic carbocycles. The van der Waals surface area contributed by atoms with Crippen LogP contribution in [0, 0.1) is 0 Å². The average Bonchev–Trinajstić information content (AvgIpc) is 2.36. The first-order valence-corrected chi connectivity index (χ1v) is 7.42. The van der Waals surface area contributed by atoms with Crippen LogP contribution in [0.15, 0.2) is 42.6 Å². The van der Waals surface area contributed by atoms with Crippen LogP contribution in [0.4, 0.5) is 5.69 Å². The molecule has 116 valence electrons.